The second kappa shape index (κ2) is 9.49. The minimum absolute atomic E-state index is 0.0116. The van der Waals surface area contributed by atoms with Crippen LogP contribution in [0.2, 0.25) is 0 Å². The average molecular weight is 386 g/mol. The van der Waals surface area contributed by atoms with Gasteiger partial charge in [-0.25, -0.2) is 0 Å². The Labute approximate surface area is 168 Å². The van der Waals surface area contributed by atoms with Gasteiger partial charge in [-0.2, -0.15) is 0 Å². The van der Waals surface area contributed by atoms with Crippen LogP contribution in [0.25, 0.3) is 0 Å². The van der Waals surface area contributed by atoms with Gasteiger partial charge >= 0.3 is 0 Å². The molecule has 0 spiro atoms. The van der Waals surface area contributed by atoms with Crippen LogP contribution in [0, 0.1) is 6.92 Å². The SMILES string of the molecule is COc1ccc(CCC(=O)NCC(C)(C)c2cccc(C)c2)c(OC)c1OC. The first-order chi connectivity index (χ1) is 13.3. The van der Waals surface area contributed by atoms with Crippen LogP contribution in [0.3, 0.4) is 0 Å². The molecule has 0 atom stereocenters. The van der Waals surface area contributed by atoms with Crippen LogP contribution in [0.1, 0.15) is 37.0 Å². The molecule has 0 heterocycles. The molecule has 0 unspecified atom stereocenters. The largest absolute Gasteiger partial charge is 0.493 e. The Hall–Kier alpha value is -2.69. The fourth-order valence-electron chi connectivity index (χ4n) is 3.18. The third-order valence-corrected chi connectivity index (χ3v) is 4.93. The Balaban J connectivity index is 1.99. The molecule has 0 fully saturated rings. The van der Waals surface area contributed by atoms with Gasteiger partial charge < -0.3 is 19.5 Å². The van der Waals surface area contributed by atoms with Crippen molar-refractivity contribution in [1.29, 1.82) is 0 Å². The third kappa shape index (κ3) is 5.18. The highest BCUT2D eigenvalue weighted by molar-refractivity contribution is 5.76. The third-order valence-electron chi connectivity index (χ3n) is 4.93. The zero-order valence-corrected chi connectivity index (χ0v) is 17.7. The van der Waals surface area contributed by atoms with Gasteiger partial charge in [0, 0.05) is 18.4 Å². The van der Waals surface area contributed by atoms with E-state index in [-0.39, 0.29) is 11.3 Å². The molecule has 5 nitrogen and oxygen atoms in total. The summed E-state index contributed by atoms with van der Waals surface area (Å²) in [4.78, 5) is 12.4. The highest BCUT2D eigenvalue weighted by Gasteiger charge is 2.22. The Morgan fingerprint density at radius 1 is 1.00 bits per heavy atom. The number of hydrogen-bond donors (Lipinski definition) is 1. The van der Waals surface area contributed by atoms with Crippen molar-refractivity contribution in [2.24, 2.45) is 0 Å². The fraction of sp³-hybridized carbons (Fsp3) is 0.435. The predicted octanol–water partition coefficient (Wildman–Crippen LogP) is 4.05. The molecule has 152 valence electrons. The van der Waals surface area contributed by atoms with E-state index in [0.717, 1.165) is 5.56 Å². The van der Waals surface area contributed by atoms with E-state index in [1.807, 2.05) is 12.1 Å². The van der Waals surface area contributed by atoms with E-state index in [1.54, 1.807) is 21.3 Å². The predicted molar refractivity (Wildman–Crippen MR) is 112 cm³/mol. The van der Waals surface area contributed by atoms with Gasteiger partial charge in [-0.1, -0.05) is 49.7 Å². The molecule has 0 aliphatic heterocycles. The monoisotopic (exact) mass is 385 g/mol. The average Bonchev–Trinajstić information content (AvgIpc) is 2.69. The summed E-state index contributed by atoms with van der Waals surface area (Å²) in [6, 6.07) is 12.1. The molecule has 0 radical (unpaired) electrons. The Morgan fingerprint density at radius 3 is 2.32 bits per heavy atom. The second-order valence-corrected chi connectivity index (χ2v) is 7.52. The van der Waals surface area contributed by atoms with Gasteiger partial charge in [0.15, 0.2) is 11.5 Å². The highest BCUT2D eigenvalue weighted by Crippen LogP contribution is 2.40. The van der Waals surface area contributed by atoms with Crippen LogP contribution in [0.5, 0.6) is 17.2 Å². The first-order valence-electron chi connectivity index (χ1n) is 9.44. The van der Waals surface area contributed by atoms with Gasteiger partial charge in [0.2, 0.25) is 11.7 Å². The van der Waals surface area contributed by atoms with E-state index in [0.29, 0.717) is 36.6 Å². The molecule has 5 heteroatoms. The van der Waals surface area contributed by atoms with Crippen molar-refractivity contribution in [1.82, 2.24) is 5.32 Å². The first-order valence-corrected chi connectivity index (χ1v) is 9.44. The first kappa shape index (κ1) is 21.6. The maximum absolute atomic E-state index is 12.4. The number of aryl methyl sites for hydroxylation is 2. The van der Waals surface area contributed by atoms with Gasteiger partial charge in [-0.05, 0) is 30.5 Å². The van der Waals surface area contributed by atoms with Crippen molar-refractivity contribution in [3.8, 4) is 17.2 Å². The number of amides is 1. The second-order valence-electron chi connectivity index (χ2n) is 7.52. The maximum atomic E-state index is 12.4. The highest BCUT2D eigenvalue weighted by atomic mass is 16.5. The van der Waals surface area contributed by atoms with Gasteiger partial charge in [-0.3, -0.25) is 4.79 Å². The van der Waals surface area contributed by atoms with E-state index in [1.165, 1.54) is 11.1 Å². The summed E-state index contributed by atoms with van der Waals surface area (Å²) in [5, 5.41) is 3.06. The molecule has 0 aliphatic rings. The molecule has 0 aliphatic carbocycles. The molecule has 2 rings (SSSR count). The zero-order chi connectivity index (χ0) is 20.7. The van der Waals surface area contributed by atoms with Crippen LogP contribution in [-0.2, 0) is 16.6 Å². The number of rotatable bonds is 9. The number of ether oxygens (including phenoxy) is 3. The summed E-state index contributed by atoms with van der Waals surface area (Å²) in [7, 11) is 4.75. The van der Waals surface area contributed by atoms with E-state index in [9.17, 15) is 4.79 Å². The smallest absolute Gasteiger partial charge is 0.220 e. The number of methoxy groups -OCH3 is 3. The molecule has 0 saturated carbocycles. The molecule has 0 saturated heterocycles. The molecular weight excluding hydrogens is 354 g/mol. The minimum Gasteiger partial charge on any atom is -0.493 e. The van der Waals surface area contributed by atoms with Crippen LogP contribution in [-0.4, -0.2) is 33.8 Å². The Bertz CT molecular complexity index is 814. The number of nitrogens with one attached hydrogen (secondary N) is 1. The van der Waals surface area contributed by atoms with Gasteiger partial charge in [0.05, 0.1) is 21.3 Å². The van der Waals surface area contributed by atoms with Crippen molar-refractivity contribution >= 4 is 5.91 Å². The molecule has 1 amide bonds. The lowest BCUT2D eigenvalue weighted by molar-refractivity contribution is -0.121. The van der Waals surface area contributed by atoms with Crippen LogP contribution < -0.4 is 19.5 Å². The molecule has 28 heavy (non-hydrogen) atoms. The molecule has 2 aromatic rings. The summed E-state index contributed by atoms with van der Waals surface area (Å²) >= 11 is 0. The molecular formula is C23H31NO4. The van der Waals surface area contributed by atoms with Gasteiger partial charge in [0.25, 0.3) is 0 Å². The number of carbonyl (C=O) groups excluding carboxylic acids is 1. The number of carbonyl (C=O) groups is 1. The minimum atomic E-state index is -0.136. The summed E-state index contributed by atoms with van der Waals surface area (Å²) < 4.78 is 16.2. The lowest BCUT2D eigenvalue weighted by Gasteiger charge is -2.26. The Morgan fingerprint density at radius 2 is 1.71 bits per heavy atom. The number of benzene rings is 2. The van der Waals surface area contributed by atoms with Gasteiger partial charge in [-0.15, -0.1) is 0 Å². The van der Waals surface area contributed by atoms with Crippen molar-refractivity contribution in [3.63, 3.8) is 0 Å². The Kier molecular flexibility index (Phi) is 7.32. The van der Waals surface area contributed by atoms with Crippen LogP contribution in [0.4, 0.5) is 0 Å². The molecule has 0 aromatic heterocycles. The van der Waals surface area contributed by atoms with E-state index in [2.05, 4.69) is 50.4 Å². The van der Waals surface area contributed by atoms with Crippen molar-refractivity contribution < 1.29 is 19.0 Å². The zero-order valence-electron chi connectivity index (χ0n) is 17.7. The van der Waals surface area contributed by atoms with Crippen molar-refractivity contribution in [2.75, 3.05) is 27.9 Å². The maximum Gasteiger partial charge on any atom is 0.220 e. The summed E-state index contributed by atoms with van der Waals surface area (Å²) in [6.07, 6.45) is 0.927. The van der Waals surface area contributed by atoms with E-state index in [4.69, 9.17) is 14.2 Å². The van der Waals surface area contributed by atoms with Crippen molar-refractivity contribution in [2.45, 2.75) is 39.0 Å². The molecule has 1 N–H and O–H groups in total. The van der Waals surface area contributed by atoms with Crippen LogP contribution in [0.15, 0.2) is 36.4 Å². The standard InChI is InChI=1S/C23H31NO4/c1-16-8-7-9-18(14-16)23(2,3)15-24-20(25)13-11-17-10-12-19(26-4)22(28-6)21(17)27-5/h7-10,12,14H,11,13,15H2,1-6H3,(H,24,25). The summed E-state index contributed by atoms with van der Waals surface area (Å²) in [5.41, 5.74) is 3.21. The topological polar surface area (TPSA) is 56.8 Å². The van der Waals surface area contributed by atoms with Crippen LogP contribution >= 0.6 is 0 Å². The van der Waals surface area contributed by atoms with Gasteiger partial charge in [0.1, 0.15) is 0 Å². The van der Waals surface area contributed by atoms with E-state index >= 15 is 0 Å². The normalized spacial score (nSPS) is 11.1. The molecule has 2 aromatic carbocycles. The summed E-state index contributed by atoms with van der Waals surface area (Å²) in [5.74, 6) is 1.77. The number of hydrogen-bond acceptors (Lipinski definition) is 4. The lowest BCUT2D eigenvalue weighted by atomic mass is 9.84. The molecule has 0 bridgehead atoms. The van der Waals surface area contributed by atoms with E-state index < -0.39 is 0 Å². The summed E-state index contributed by atoms with van der Waals surface area (Å²) in [6.45, 7) is 6.94. The lowest BCUT2D eigenvalue weighted by Crippen LogP contribution is -2.36. The van der Waals surface area contributed by atoms with Crippen molar-refractivity contribution in [3.05, 3.63) is 53.1 Å². The fourth-order valence-corrected chi connectivity index (χ4v) is 3.18. The quantitative estimate of drug-likeness (QED) is 0.708.